The van der Waals surface area contributed by atoms with Crippen LogP contribution in [0, 0.1) is 12.7 Å². The molecular formula is C15H22FNO3S. The molecule has 0 spiro atoms. The number of rotatable bonds is 4. The number of piperidine rings is 1. The van der Waals surface area contributed by atoms with Crippen molar-refractivity contribution >= 4 is 10.0 Å². The second kappa shape index (κ2) is 6.42. The number of halogens is 1. The molecule has 1 aromatic carbocycles. The number of aliphatic hydroxyl groups is 1. The van der Waals surface area contributed by atoms with Crippen LogP contribution in [0.5, 0.6) is 0 Å². The van der Waals surface area contributed by atoms with Crippen LogP contribution in [0.25, 0.3) is 0 Å². The second-order valence-electron chi connectivity index (χ2n) is 5.59. The molecule has 21 heavy (non-hydrogen) atoms. The van der Waals surface area contributed by atoms with E-state index < -0.39 is 28.0 Å². The minimum absolute atomic E-state index is 0.294. The molecule has 1 heterocycles. The first-order valence-electron chi connectivity index (χ1n) is 7.34. The maximum atomic E-state index is 14.0. The normalized spacial score (nSPS) is 22.2. The van der Waals surface area contributed by atoms with Gasteiger partial charge in [-0.15, -0.1) is 0 Å². The smallest absolute Gasteiger partial charge is 0.246 e. The summed E-state index contributed by atoms with van der Waals surface area (Å²) in [5.41, 5.74) is 0.694. The lowest BCUT2D eigenvalue weighted by Gasteiger charge is -2.37. The fourth-order valence-electron chi connectivity index (χ4n) is 2.82. The van der Waals surface area contributed by atoms with Gasteiger partial charge in [0.25, 0.3) is 0 Å². The molecule has 118 valence electrons. The molecule has 1 saturated heterocycles. The Morgan fingerprint density at radius 3 is 2.81 bits per heavy atom. The zero-order valence-corrected chi connectivity index (χ0v) is 13.2. The van der Waals surface area contributed by atoms with Gasteiger partial charge in [0.15, 0.2) is 0 Å². The molecule has 2 unspecified atom stereocenters. The second-order valence-corrected chi connectivity index (χ2v) is 7.45. The van der Waals surface area contributed by atoms with Gasteiger partial charge in [0, 0.05) is 6.54 Å². The summed E-state index contributed by atoms with van der Waals surface area (Å²) in [5, 5.41) is 10.1. The van der Waals surface area contributed by atoms with Gasteiger partial charge in [0.2, 0.25) is 10.0 Å². The Bertz CT molecular complexity index is 603. The third kappa shape index (κ3) is 3.27. The van der Waals surface area contributed by atoms with Gasteiger partial charge in [-0.2, -0.15) is 4.31 Å². The lowest BCUT2D eigenvalue weighted by molar-refractivity contribution is 0.0666. The van der Waals surface area contributed by atoms with Crippen LogP contribution in [0.3, 0.4) is 0 Å². The van der Waals surface area contributed by atoms with Crippen molar-refractivity contribution in [3.63, 3.8) is 0 Å². The predicted octanol–water partition coefficient (Wildman–Crippen LogP) is 2.45. The van der Waals surface area contributed by atoms with Crippen LogP contribution >= 0.6 is 0 Å². The van der Waals surface area contributed by atoms with Gasteiger partial charge >= 0.3 is 0 Å². The first kappa shape index (κ1) is 16.4. The fraction of sp³-hybridized carbons (Fsp3) is 0.600. The molecule has 1 aliphatic rings. The summed E-state index contributed by atoms with van der Waals surface area (Å²) >= 11 is 0. The Kier molecular flexibility index (Phi) is 5.01. The first-order chi connectivity index (χ1) is 9.87. The van der Waals surface area contributed by atoms with Crippen LogP contribution in [0.4, 0.5) is 4.39 Å². The maximum absolute atomic E-state index is 14.0. The lowest BCUT2D eigenvalue weighted by atomic mass is 9.98. The van der Waals surface area contributed by atoms with Crippen LogP contribution in [0.1, 0.15) is 38.2 Å². The molecule has 4 nitrogen and oxygen atoms in total. The Morgan fingerprint density at radius 2 is 2.14 bits per heavy atom. The molecule has 1 aliphatic heterocycles. The molecule has 6 heteroatoms. The molecule has 0 saturated carbocycles. The van der Waals surface area contributed by atoms with Crippen molar-refractivity contribution in [3.05, 3.63) is 29.6 Å². The molecule has 1 fully saturated rings. The highest BCUT2D eigenvalue weighted by atomic mass is 32.2. The Balaban J connectivity index is 2.43. The maximum Gasteiger partial charge on any atom is 0.246 e. The van der Waals surface area contributed by atoms with Crippen molar-refractivity contribution in [1.82, 2.24) is 4.31 Å². The topological polar surface area (TPSA) is 57.6 Å². The van der Waals surface area contributed by atoms with Gasteiger partial charge in [-0.05, 0) is 43.9 Å². The van der Waals surface area contributed by atoms with Gasteiger partial charge < -0.3 is 5.11 Å². The van der Waals surface area contributed by atoms with Crippen molar-refractivity contribution in [2.45, 2.75) is 56.6 Å². The van der Waals surface area contributed by atoms with Crippen LogP contribution in [-0.4, -0.2) is 36.5 Å². The zero-order chi connectivity index (χ0) is 15.6. The van der Waals surface area contributed by atoms with E-state index in [1.807, 2.05) is 6.92 Å². The summed E-state index contributed by atoms with van der Waals surface area (Å²) in [6.45, 7) is 3.88. The molecule has 1 N–H and O–H groups in total. The van der Waals surface area contributed by atoms with Gasteiger partial charge in [-0.3, -0.25) is 0 Å². The summed E-state index contributed by atoms with van der Waals surface area (Å²) in [6.07, 6.45) is 1.99. The Hall–Kier alpha value is -0.980. The summed E-state index contributed by atoms with van der Waals surface area (Å²) < 4.78 is 40.8. The first-order valence-corrected chi connectivity index (χ1v) is 8.78. The van der Waals surface area contributed by atoms with Gasteiger partial charge in [0.1, 0.15) is 10.7 Å². The standard InChI is InChI=1S/C15H22FNO3S/c1-3-14(18)13-6-4-5-9-17(13)21(19,20)15-10-11(2)7-8-12(15)16/h7-8,10,13-14,18H,3-6,9H2,1-2H3. The molecule has 2 atom stereocenters. The average molecular weight is 315 g/mol. The van der Waals surface area contributed by atoms with Crippen LogP contribution in [-0.2, 0) is 10.0 Å². The number of sulfonamides is 1. The molecule has 1 aromatic rings. The number of hydrogen-bond donors (Lipinski definition) is 1. The van der Waals surface area contributed by atoms with E-state index in [1.165, 1.54) is 16.4 Å². The molecule has 0 aromatic heterocycles. The largest absolute Gasteiger partial charge is 0.391 e. The summed E-state index contributed by atoms with van der Waals surface area (Å²) in [4.78, 5) is -0.294. The molecule has 0 amide bonds. The van der Waals surface area contributed by atoms with E-state index in [0.29, 0.717) is 24.9 Å². The number of benzene rings is 1. The van der Waals surface area contributed by atoms with Crippen LogP contribution in [0.2, 0.25) is 0 Å². The van der Waals surface area contributed by atoms with E-state index in [9.17, 15) is 17.9 Å². The van der Waals surface area contributed by atoms with E-state index in [-0.39, 0.29) is 4.90 Å². The summed E-state index contributed by atoms with van der Waals surface area (Å²) in [7, 11) is -3.92. The minimum Gasteiger partial charge on any atom is -0.391 e. The van der Waals surface area contributed by atoms with Crippen molar-refractivity contribution in [3.8, 4) is 0 Å². The summed E-state index contributed by atoms with van der Waals surface area (Å²) in [6, 6.07) is 3.61. The van der Waals surface area contributed by atoms with Crippen molar-refractivity contribution < 1.29 is 17.9 Å². The Labute approximate surface area is 125 Å². The molecular weight excluding hydrogens is 293 g/mol. The highest BCUT2D eigenvalue weighted by molar-refractivity contribution is 7.89. The quantitative estimate of drug-likeness (QED) is 0.928. The number of hydrogen-bond acceptors (Lipinski definition) is 3. The monoisotopic (exact) mass is 315 g/mol. The number of aliphatic hydroxyl groups excluding tert-OH is 1. The van der Waals surface area contributed by atoms with E-state index in [2.05, 4.69) is 0 Å². The third-order valence-electron chi connectivity index (χ3n) is 4.03. The molecule has 0 bridgehead atoms. The fourth-order valence-corrected chi connectivity index (χ4v) is 4.69. The van der Waals surface area contributed by atoms with E-state index >= 15 is 0 Å². The number of aryl methyl sites for hydroxylation is 1. The molecule has 2 rings (SSSR count). The van der Waals surface area contributed by atoms with Gasteiger partial charge in [-0.1, -0.05) is 19.4 Å². The lowest BCUT2D eigenvalue weighted by Crippen LogP contribution is -2.49. The van der Waals surface area contributed by atoms with Crippen molar-refractivity contribution in [2.75, 3.05) is 6.54 Å². The van der Waals surface area contributed by atoms with E-state index in [1.54, 1.807) is 13.0 Å². The predicted molar refractivity (Wildman–Crippen MR) is 79.0 cm³/mol. The zero-order valence-electron chi connectivity index (χ0n) is 12.4. The highest BCUT2D eigenvalue weighted by Crippen LogP contribution is 2.29. The highest BCUT2D eigenvalue weighted by Gasteiger charge is 2.37. The molecule has 0 radical (unpaired) electrons. The SMILES string of the molecule is CCC(O)C1CCCCN1S(=O)(=O)c1cc(C)ccc1F. The van der Waals surface area contributed by atoms with Crippen molar-refractivity contribution in [2.24, 2.45) is 0 Å². The van der Waals surface area contributed by atoms with Crippen LogP contribution in [0.15, 0.2) is 23.1 Å². The van der Waals surface area contributed by atoms with Crippen molar-refractivity contribution in [1.29, 1.82) is 0 Å². The van der Waals surface area contributed by atoms with Gasteiger partial charge in [-0.25, -0.2) is 12.8 Å². The number of nitrogens with zero attached hydrogens (tertiary/aromatic N) is 1. The van der Waals surface area contributed by atoms with Crippen LogP contribution < -0.4 is 0 Å². The average Bonchev–Trinajstić information content (AvgIpc) is 2.48. The van der Waals surface area contributed by atoms with E-state index in [4.69, 9.17) is 0 Å². The Morgan fingerprint density at radius 1 is 1.43 bits per heavy atom. The summed E-state index contributed by atoms with van der Waals surface area (Å²) in [5.74, 6) is -0.740. The van der Waals surface area contributed by atoms with E-state index in [0.717, 1.165) is 12.8 Å². The third-order valence-corrected chi connectivity index (χ3v) is 5.97. The molecule has 0 aliphatic carbocycles. The van der Waals surface area contributed by atoms with Gasteiger partial charge in [0.05, 0.1) is 12.1 Å². The minimum atomic E-state index is -3.92.